The third-order valence-corrected chi connectivity index (χ3v) is 4.01. The highest BCUT2D eigenvalue weighted by molar-refractivity contribution is 7.92. The summed E-state index contributed by atoms with van der Waals surface area (Å²) in [6.45, 7) is -0.119. The fraction of sp³-hybridized carbons (Fsp3) is 0.111. The number of nitrogens with one attached hydrogen (secondary N) is 1. The van der Waals surface area contributed by atoms with Gasteiger partial charge in [-0.15, -0.1) is 0 Å². The molecule has 0 bridgehead atoms. The molecule has 0 fully saturated rings. The Morgan fingerprint density at radius 1 is 1.12 bits per heavy atom. The van der Waals surface area contributed by atoms with Gasteiger partial charge in [-0.1, -0.05) is 47.6 Å². The smallest absolute Gasteiger partial charge is 0.340 e. The molecule has 0 unspecified atom stereocenters. The fourth-order valence-electron chi connectivity index (χ4n) is 2.29. The maximum absolute atomic E-state index is 12.3. The molecule has 26 heavy (non-hydrogen) atoms. The predicted octanol–water partition coefficient (Wildman–Crippen LogP) is 3.07. The number of aromatic nitrogens is 1. The van der Waals surface area contributed by atoms with Crippen molar-refractivity contribution in [3.8, 4) is 11.3 Å². The van der Waals surface area contributed by atoms with E-state index in [0.717, 1.165) is 11.8 Å². The summed E-state index contributed by atoms with van der Waals surface area (Å²) in [5, 5.41) is 3.95. The highest BCUT2D eigenvalue weighted by Gasteiger charge is 2.16. The van der Waals surface area contributed by atoms with Gasteiger partial charge in [0.25, 0.3) is 0 Å². The molecule has 0 aliphatic rings. The van der Waals surface area contributed by atoms with Crippen molar-refractivity contribution in [3.63, 3.8) is 0 Å². The van der Waals surface area contributed by atoms with E-state index in [-0.39, 0.29) is 17.9 Å². The maximum Gasteiger partial charge on any atom is 0.340 e. The van der Waals surface area contributed by atoms with E-state index < -0.39 is 16.0 Å². The summed E-state index contributed by atoms with van der Waals surface area (Å²) in [6.07, 6.45) is 1.01. The number of rotatable bonds is 6. The Balaban J connectivity index is 1.69. The number of para-hydroxylation sites is 1. The minimum Gasteiger partial charge on any atom is -0.454 e. The summed E-state index contributed by atoms with van der Waals surface area (Å²) in [5.41, 5.74) is 1.79. The largest absolute Gasteiger partial charge is 0.454 e. The Kier molecular flexibility index (Phi) is 5.04. The minimum absolute atomic E-state index is 0.112. The number of esters is 1. The van der Waals surface area contributed by atoms with Crippen LogP contribution in [0.5, 0.6) is 0 Å². The molecule has 0 aliphatic carbocycles. The average Bonchev–Trinajstić information content (AvgIpc) is 3.08. The van der Waals surface area contributed by atoms with E-state index in [2.05, 4.69) is 9.88 Å². The number of nitrogens with zero attached hydrogens (tertiary/aromatic N) is 1. The molecule has 1 aromatic heterocycles. The molecule has 0 spiro atoms. The fourth-order valence-corrected chi connectivity index (χ4v) is 2.87. The van der Waals surface area contributed by atoms with E-state index in [9.17, 15) is 13.2 Å². The topological polar surface area (TPSA) is 98.5 Å². The Hall–Kier alpha value is -3.13. The van der Waals surface area contributed by atoms with Gasteiger partial charge in [0, 0.05) is 11.6 Å². The summed E-state index contributed by atoms with van der Waals surface area (Å²) < 4.78 is 35.5. The summed E-state index contributed by atoms with van der Waals surface area (Å²) >= 11 is 0. The quantitative estimate of drug-likeness (QED) is 0.668. The van der Waals surface area contributed by atoms with Crippen LogP contribution in [0.3, 0.4) is 0 Å². The second-order valence-electron chi connectivity index (χ2n) is 5.54. The van der Waals surface area contributed by atoms with Crippen LogP contribution in [-0.4, -0.2) is 25.8 Å². The molecule has 0 atom stereocenters. The Morgan fingerprint density at radius 3 is 2.54 bits per heavy atom. The minimum atomic E-state index is -3.51. The molecule has 0 saturated carbocycles. The molecule has 0 aliphatic heterocycles. The van der Waals surface area contributed by atoms with Crippen LogP contribution in [0.1, 0.15) is 16.1 Å². The lowest BCUT2D eigenvalue weighted by Crippen LogP contribution is -2.14. The number of carbonyl (C=O) groups excluding carboxylic acids is 1. The first kappa shape index (κ1) is 17.7. The number of sulfonamides is 1. The van der Waals surface area contributed by atoms with E-state index in [1.54, 1.807) is 18.2 Å². The van der Waals surface area contributed by atoms with Crippen molar-refractivity contribution in [2.75, 3.05) is 11.0 Å². The van der Waals surface area contributed by atoms with Crippen molar-refractivity contribution in [2.24, 2.45) is 0 Å². The Morgan fingerprint density at radius 2 is 1.81 bits per heavy atom. The van der Waals surface area contributed by atoms with E-state index in [0.29, 0.717) is 11.5 Å². The molecule has 8 heteroatoms. The molecule has 1 heterocycles. The van der Waals surface area contributed by atoms with Crippen LogP contribution in [-0.2, 0) is 21.4 Å². The lowest BCUT2D eigenvalue weighted by Gasteiger charge is -2.09. The van der Waals surface area contributed by atoms with Crippen LogP contribution < -0.4 is 4.72 Å². The number of hydrogen-bond acceptors (Lipinski definition) is 6. The molecular formula is C18H16N2O5S. The summed E-state index contributed by atoms with van der Waals surface area (Å²) in [7, 11) is -3.51. The highest BCUT2D eigenvalue weighted by Crippen LogP contribution is 2.21. The van der Waals surface area contributed by atoms with E-state index in [1.165, 1.54) is 12.1 Å². The predicted molar refractivity (Wildman–Crippen MR) is 96.0 cm³/mol. The van der Waals surface area contributed by atoms with Crippen molar-refractivity contribution < 1.29 is 22.5 Å². The Labute approximate surface area is 150 Å². The van der Waals surface area contributed by atoms with Crippen molar-refractivity contribution in [3.05, 3.63) is 72.0 Å². The molecular weight excluding hydrogens is 356 g/mol. The monoisotopic (exact) mass is 372 g/mol. The zero-order valence-corrected chi connectivity index (χ0v) is 14.7. The molecule has 1 N–H and O–H groups in total. The van der Waals surface area contributed by atoms with Crippen LogP contribution >= 0.6 is 0 Å². The molecule has 0 radical (unpaired) electrons. The SMILES string of the molecule is CS(=O)(=O)Nc1ccccc1C(=O)OCc1cc(-c2ccccc2)no1. The molecule has 0 saturated heterocycles. The van der Waals surface area contributed by atoms with Crippen LogP contribution in [0.25, 0.3) is 11.3 Å². The molecule has 3 aromatic rings. The lowest BCUT2D eigenvalue weighted by atomic mass is 10.1. The second kappa shape index (κ2) is 7.40. The Bertz CT molecular complexity index is 1010. The van der Waals surface area contributed by atoms with Crippen molar-refractivity contribution in [1.29, 1.82) is 0 Å². The summed E-state index contributed by atoms with van der Waals surface area (Å²) in [5.74, 6) is -0.292. The van der Waals surface area contributed by atoms with Crippen molar-refractivity contribution in [1.82, 2.24) is 5.16 Å². The number of hydrogen-bond donors (Lipinski definition) is 1. The first-order valence-electron chi connectivity index (χ1n) is 7.67. The number of ether oxygens (including phenoxy) is 1. The van der Waals surface area contributed by atoms with E-state index in [4.69, 9.17) is 9.26 Å². The van der Waals surface area contributed by atoms with Crippen LogP contribution in [0, 0.1) is 0 Å². The molecule has 0 amide bonds. The van der Waals surface area contributed by atoms with Gasteiger partial charge in [-0.05, 0) is 12.1 Å². The van der Waals surface area contributed by atoms with E-state index >= 15 is 0 Å². The molecule has 2 aromatic carbocycles. The summed E-state index contributed by atoms with van der Waals surface area (Å²) in [4.78, 5) is 12.3. The second-order valence-corrected chi connectivity index (χ2v) is 7.29. The zero-order valence-electron chi connectivity index (χ0n) is 13.9. The molecule has 7 nitrogen and oxygen atoms in total. The lowest BCUT2D eigenvalue weighted by molar-refractivity contribution is 0.0438. The highest BCUT2D eigenvalue weighted by atomic mass is 32.2. The van der Waals surface area contributed by atoms with Gasteiger partial charge in [0.2, 0.25) is 10.0 Å². The zero-order chi connectivity index (χ0) is 18.6. The number of carbonyl (C=O) groups is 1. The third kappa shape index (κ3) is 4.48. The summed E-state index contributed by atoms with van der Waals surface area (Å²) in [6, 6.07) is 17.3. The third-order valence-electron chi connectivity index (χ3n) is 3.42. The van der Waals surface area contributed by atoms with Crippen molar-refractivity contribution >= 4 is 21.7 Å². The van der Waals surface area contributed by atoms with Crippen LogP contribution in [0.4, 0.5) is 5.69 Å². The van der Waals surface area contributed by atoms with Gasteiger partial charge < -0.3 is 9.26 Å². The van der Waals surface area contributed by atoms with Gasteiger partial charge in [-0.2, -0.15) is 0 Å². The van der Waals surface area contributed by atoms with E-state index in [1.807, 2.05) is 30.3 Å². The molecule has 134 valence electrons. The standard InChI is InChI=1S/C18H16N2O5S/c1-26(22,23)20-16-10-6-5-9-15(16)18(21)24-12-14-11-17(19-25-14)13-7-3-2-4-8-13/h2-11,20H,12H2,1H3. The number of benzene rings is 2. The van der Waals surface area contributed by atoms with Gasteiger partial charge in [0.05, 0.1) is 17.5 Å². The van der Waals surface area contributed by atoms with Crippen LogP contribution in [0.2, 0.25) is 0 Å². The van der Waals surface area contributed by atoms with Gasteiger partial charge >= 0.3 is 5.97 Å². The van der Waals surface area contributed by atoms with Crippen molar-refractivity contribution in [2.45, 2.75) is 6.61 Å². The molecule has 3 rings (SSSR count). The normalized spacial score (nSPS) is 11.1. The first-order chi connectivity index (χ1) is 12.4. The van der Waals surface area contributed by atoms with Gasteiger partial charge in [-0.25, -0.2) is 13.2 Å². The van der Waals surface area contributed by atoms with Gasteiger partial charge in [-0.3, -0.25) is 4.72 Å². The average molecular weight is 372 g/mol. The van der Waals surface area contributed by atoms with Gasteiger partial charge in [0.1, 0.15) is 5.69 Å². The maximum atomic E-state index is 12.3. The number of anilines is 1. The first-order valence-corrected chi connectivity index (χ1v) is 9.56. The van der Waals surface area contributed by atoms with Gasteiger partial charge in [0.15, 0.2) is 12.4 Å². The van der Waals surface area contributed by atoms with Crippen LogP contribution in [0.15, 0.2) is 65.2 Å².